The number of aryl methyl sites for hydroxylation is 1. The fraction of sp³-hybridized carbons (Fsp3) is 0.364. The molecule has 0 aliphatic heterocycles. The van der Waals surface area contributed by atoms with Gasteiger partial charge < -0.3 is 19.5 Å². The lowest BCUT2D eigenvalue weighted by molar-refractivity contribution is 0.102. The number of carbonyl (C=O) groups excluding carboxylic acids is 1. The van der Waals surface area contributed by atoms with Crippen LogP contribution in [-0.2, 0) is 6.54 Å². The average Bonchev–Trinajstić information content (AvgIpc) is 3.03. The van der Waals surface area contributed by atoms with Crippen molar-refractivity contribution in [2.45, 2.75) is 27.3 Å². The van der Waals surface area contributed by atoms with Gasteiger partial charge in [0.2, 0.25) is 0 Å². The minimum atomic E-state index is -0.181. The lowest BCUT2D eigenvalue weighted by Gasteiger charge is -2.22. The molecule has 0 bridgehead atoms. The zero-order valence-corrected chi connectivity index (χ0v) is 17.4. The van der Waals surface area contributed by atoms with E-state index in [1.54, 1.807) is 0 Å². The minimum absolute atomic E-state index is 0.181. The van der Waals surface area contributed by atoms with Crippen LogP contribution in [-0.4, -0.2) is 47.4 Å². The van der Waals surface area contributed by atoms with Gasteiger partial charge in [-0.2, -0.15) is 0 Å². The van der Waals surface area contributed by atoms with Gasteiger partial charge in [0.1, 0.15) is 5.65 Å². The van der Waals surface area contributed by atoms with Crippen LogP contribution in [0.15, 0.2) is 42.6 Å². The molecule has 0 spiro atoms. The Balaban J connectivity index is 1.91. The standard InChI is InChI=1S/C22H29N5O/c1-6-26(7-2)17-11-12-18(16(3)14-17)23-22(28)21-19(15-25(4)5)27-13-9-8-10-20(27)24-21/h8-14H,6-7,15H2,1-5H3,(H,23,28). The molecule has 1 aromatic carbocycles. The highest BCUT2D eigenvalue weighted by Crippen LogP contribution is 2.24. The molecule has 2 heterocycles. The second-order valence-corrected chi connectivity index (χ2v) is 7.20. The van der Waals surface area contributed by atoms with Crippen LogP contribution in [0.1, 0.15) is 35.6 Å². The van der Waals surface area contributed by atoms with E-state index in [4.69, 9.17) is 0 Å². The molecule has 28 heavy (non-hydrogen) atoms. The molecule has 0 saturated heterocycles. The molecule has 0 radical (unpaired) electrons. The molecule has 6 heteroatoms. The molecule has 3 rings (SSSR count). The van der Waals surface area contributed by atoms with E-state index in [9.17, 15) is 4.79 Å². The molecule has 0 atom stereocenters. The smallest absolute Gasteiger partial charge is 0.276 e. The van der Waals surface area contributed by atoms with Crippen molar-refractivity contribution in [3.8, 4) is 0 Å². The van der Waals surface area contributed by atoms with Crippen molar-refractivity contribution in [2.75, 3.05) is 37.4 Å². The van der Waals surface area contributed by atoms with Crippen LogP contribution in [0.3, 0.4) is 0 Å². The zero-order chi connectivity index (χ0) is 20.3. The van der Waals surface area contributed by atoms with Crippen LogP contribution in [0.25, 0.3) is 5.65 Å². The Kier molecular flexibility index (Phi) is 5.99. The van der Waals surface area contributed by atoms with Gasteiger partial charge in [0.25, 0.3) is 5.91 Å². The van der Waals surface area contributed by atoms with Gasteiger partial charge in [0.05, 0.1) is 5.69 Å². The largest absolute Gasteiger partial charge is 0.372 e. The van der Waals surface area contributed by atoms with Gasteiger partial charge in [-0.3, -0.25) is 4.79 Å². The fourth-order valence-corrected chi connectivity index (χ4v) is 3.43. The number of rotatable bonds is 7. The third-order valence-corrected chi connectivity index (χ3v) is 4.90. The third-order valence-electron chi connectivity index (χ3n) is 4.90. The molecule has 0 saturated carbocycles. The molecular weight excluding hydrogens is 350 g/mol. The number of benzene rings is 1. The minimum Gasteiger partial charge on any atom is -0.372 e. The lowest BCUT2D eigenvalue weighted by Crippen LogP contribution is -2.22. The van der Waals surface area contributed by atoms with Crippen molar-refractivity contribution in [2.24, 2.45) is 0 Å². The summed E-state index contributed by atoms with van der Waals surface area (Å²) in [6, 6.07) is 11.9. The Labute approximate surface area is 166 Å². The first-order valence-corrected chi connectivity index (χ1v) is 9.72. The number of hydrogen-bond donors (Lipinski definition) is 1. The quantitative estimate of drug-likeness (QED) is 0.678. The number of pyridine rings is 1. The van der Waals surface area contributed by atoms with Gasteiger partial charge >= 0.3 is 0 Å². The number of amides is 1. The molecular formula is C22H29N5O. The molecule has 0 unspecified atom stereocenters. The highest BCUT2D eigenvalue weighted by Gasteiger charge is 2.20. The summed E-state index contributed by atoms with van der Waals surface area (Å²) in [4.78, 5) is 22.0. The van der Waals surface area contributed by atoms with E-state index in [-0.39, 0.29) is 5.91 Å². The summed E-state index contributed by atoms with van der Waals surface area (Å²) in [5.74, 6) is -0.181. The monoisotopic (exact) mass is 379 g/mol. The summed E-state index contributed by atoms with van der Waals surface area (Å²) in [5, 5.41) is 3.05. The van der Waals surface area contributed by atoms with Gasteiger partial charge in [-0.1, -0.05) is 6.07 Å². The highest BCUT2D eigenvalue weighted by molar-refractivity contribution is 6.04. The Morgan fingerprint density at radius 2 is 1.89 bits per heavy atom. The number of imidazole rings is 1. The maximum atomic E-state index is 13.1. The Morgan fingerprint density at radius 3 is 2.54 bits per heavy atom. The highest BCUT2D eigenvalue weighted by atomic mass is 16.1. The van der Waals surface area contributed by atoms with Crippen LogP contribution in [0.2, 0.25) is 0 Å². The first kappa shape index (κ1) is 19.9. The first-order chi connectivity index (χ1) is 13.4. The van der Waals surface area contributed by atoms with Crippen LogP contribution in [0.4, 0.5) is 11.4 Å². The summed E-state index contributed by atoms with van der Waals surface area (Å²) in [7, 11) is 3.97. The first-order valence-electron chi connectivity index (χ1n) is 9.72. The normalized spacial score (nSPS) is 11.2. The van der Waals surface area contributed by atoms with Gasteiger partial charge in [-0.15, -0.1) is 0 Å². The topological polar surface area (TPSA) is 52.9 Å². The Morgan fingerprint density at radius 1 is 1.14 bits per heavy atom. The second-order valence-electron chi connectivity index (χ2n) is 7.20. The number of anilines is 2. The summed E-state index contributed by atoms with van der Waals surface area (Å²) in [6.45, 7) is 8.85. The number of nitrogens with one attached hydrogen (secondary N) is 1. The van der Waals surface area contributed by atoms with Crippen LogP contribution in [0.5, 0.6) is 0 Å². The Hall–Kier alpha value is -2.86. The van der Waals surface area contributed by atoms with Crippen molar-refractivity contribution < 1.29 is 4.79 Å². The summed E-state index contributed by atoms with van der Waals surface area (Å²) in [5.41, 5.74) is 5.15. The van der Waals surface area contributed by atoms with Crippen LogP contribution >= 0.6 is 0 Å². The number of aromatic nitrogens is 2. The predicted octanol–water partition coefficient (Wildman–Crippen LogP) is 3.80. The molecule has 6 nitrogen and oxygen atoms in total. The van der Waals surface area contributed by atoms with Gasteiger partial charge in [0.15, 0.2) is 5.69 Å². The van der Waals surface area contributed by atoms with Crippen molar-refractivity contribution in [3.05, 3.63) is 59.5 Å². The molecule has 1 amide bonds. The second kappa shape index (κ2) is 8.44. The number of fused-ring (bicyclic) bond motifs is 1. The van der Waals surface area contributed by atoms with Crippen molar-refractivity contribution in [1.82, 2.24) is 14.3 Å². The number of nitrogens with zero attached hydrogens (tertiary/aromatic N) is 4. The van der Waals surface area contributed by atoms with Crippen molar-refractivity contribution in [1.29, 1.82) is 0 Å². The van der Waals surface area contributed by atoms with E-state index in [1.165, 1.54) is 5.69 Å². The molecule has 148 valence electrons. The SMILES string of the molecule is CCN(CC)c1ccc(NC(=O)c2nc3ccccn3c2CN(C)C)c(C)c1. The van der Waals surface area contributed by atoms with Crippen LogP contribution in [0, 0.1) is 6.92 Å². The van der Waals surface area contributed by atoms with E-state index in [0.717, 1.165) is 35.7 Å². The molecule has 1 N–H and O–H groups in total. The summed E-state index contributed by atoms with van der Waals surface area (Å²) < 4.78 is 1.98. The zero-order valence-electron chi connectivity index (χ0n) is 17.4. The molecule has 3 aromatic rings. The van der Waals surface area contributed by atoms with E-state index >= 15 is 0 Å². The fourth-order valence-electron chi connectivity index (χ4n) is 3.43. The third kappa shape index (κ3) is 4.02. The molecule has 2 aromatic heterocycles. The number of hydrogen-bond acceptors (Lipinski definition) is 4. The maximum absolute atomic E-state index is 13.1. The van der Waals surface area contributed by atoms with E-state index in [0.29, 0.717) is 12.2 Å². The van der Waals surface area contributed by atoms with Crippen molar-refractivity contribution >= 4 is 22.9 Å². The Bertz CT molecular complexity index is 972. The van der Waals surface area contributed by atoms with E-state index < -0.39 is 0 Å². The average molecular weight is 380 g/mol. The lowest BCUT2D eigenvalue weighted by atomic mass is 10.1. The molecule has 0 aliphatic rings. The molecule has 0 aliphatic carbocycles. The maximum Gasteiger partial charge on any atom is 0.276 e. The number of carbonyl (C=O) groups is 1. The van der Waals surface area contributed by atoms with Crippen LogP contribution < -0.4 is 10.2 Å². The summed E-state index contributed by atoms with van der Waals surface area (Å²) >= 11 is 0. The van der Waals surface area contributed by atoms with Crippen molar-refractivity contribution in [3.63, 3.8) is 0 Å². The van der Waals surface area contributed by atoms with Gasteiger partial charge in [0, 0.05) is 37.2 Å². The van der Waals surface area contributed by atoms with Gasteiger partial charge in [-0.25, -0.2) is 4.98 Å². The van der Waals surface area contributed by atoms with E-state index in [2.05, 4.69) is 41.2 Å². The summed E-state index contributed by atoms with van der Waals surface area (Å²) in [6.07, 6.45) is 1.95. The van der Waals surface area contributed by atoms with Gasteiger partial charge in [-0.05, 0) is 70.8 Å². The molecule has 0 fully saturated rings. The van der Waals surface area contributed by atoms with E-state index in [1.807, 2.05) is 60.8 Å². The predicted molar refractivity (Wildman–Crippen MR) is 115 cm³/mol.